The zero-order valence-corrected chi connectivity index (χ0v) is 30.4. The molecule has 0 radical (unpaired) electrons. The van der Waals surface area contributed by atoms with E-state index in [2.05, 4.69) is 15.6 Å². The fourth-order valence-corrected chi connectivity index (χ4v) is 6.44. The number of hydrogen-bond donors (Lipinski definition) is 5. The van der Waals surface area contributed by atoms with Crippen molar-refractivity contribution in [1.29, 1.82) is 0 Å². The van der Waals surface area contributed by atoms with Gasteiger partial charge in [0.15, 0.2) is 11.6 Å². The molecule has 0 spiro atoms. The van der Waals surface area contributed by atoms with Gasteiger partial charge in [-0.3, -0.25) is 38.4 Å². The number of ketones is 2. The number of hydrogen-bond acceptors (Lipinski definition) is 11. The van der Waals surface area contributed by atoms with E-state index in [0.717, 1.165) is 15.2 Å². The van der Waals surface area contributed by atoms with E-state index in [-0.39, 0.29) is 13.0 Å². The van der Waals surface area contributed by atoms with Crippen LogP contribution in [0.2, 0.25) is 0 Å². The van der Waals surface area contributed by atoms with E-state index >= 15 is 0 Å². The summed E-state index contributed by atoms with van der Waals surface area (Å²) >= 11 is 1.43. The third kappa shape index (κ3) is 13.9. The highest BCUT2D eigenvalue weighted by Gasteiger charge is 2.34. The second-order valence-electron chi connectivity index (χ2n) is 13.0. The highest BCUT2D eigenvalue weighted by molar-refractivity contribution is 7.18. The topological polar surface area (TPSA) is 243 Å². The predicted octanol–water partition coefficient (Wildman–Crippen LogP) is 3.48. The van der Waals surface area contributed by atoms with Gasteiger partial charge in [-0.15, -0.1) is 11.3 Å². The zero-order valence-electron chi connectivity index (χ0n) is 29.5. The summed E-state index contributed by atoms with van der Waals surface area (Å²) in [6.45, 7) is 4.95. The molecule has 5 N–H and O–H groups in total. The maximum atomic E-state index is 13.6. The number of carbonyl (C=O) groups is 8. The molecule has 0 fully saturated rings. The number of benzene rings is 2. The average molecular weight is 754 g/mol. The van der Waals surface area contributed by atoms with Gasteiger partial charge in [-0.05, 0) is 42.5 Å². The number of nitrogens with zero attached hydrogens (tertiary/aromatic N) is 1. The van der Waals surface area contributed by atoms with Crippen LogP contribution in [0.25, 0.3) is 10.2 Å². The van der Waals surface area contributed by atoms with E-state index in [0.29, 0.717) is 11.1 Å². The number of thiazole rings is 1. The summed E-state index contributed by atoms with van der Waals surface area (Å²) in [6.07, 6.45) is -3.85. The van der Waals surface area contributed by atoms with E-state index in [4.69, 9.17) is 4.74 Å². The first-order valence-corrected chi connectivity index (χ1v) is 17.7. The molecular formula is C37H43N3O12S. The van der Waals surface area contributed by atoms with Crippen LogP contribution in [0, 0.1) is 24.7 Å². The standard InChI is InChI=1S/C37H43N3O12S/c1-20(2)25(37(51)40-28(18-34(47)48)29(41)13-23-9-10-27-31(14-23)53-21(3)38-27)17-30(42)26(11-12-32(43)44)39-36(50)24(15-33(45)46)16-35(49)52-19-22-7-5-4-6-8-22/h4-10,14,20,24-26,28H,11-13,15-19H2,1-3H3,(H,39,50)(H,40,51)(H,43,44)(H,45,46)(H,47,48). The number of carboxylic acid groups (broad SMARTS) is 3. The molecule has 16 heteroatoms. The summed E-state index contributed by atoms with van der Waals surface area (Å²) in [4.78, 5) is 105. The van der Waals surface area contributed by atoms with Crippen molar-refractivity contribution in [3.05, 3.63) is 64.7 Å². The van der Waals surface area contributed by atoms with E-state index < -0.39 is 116 Å². The SMILES string of the molecule is Cc1nc2ccc(CC(=O)C(CC(=O)O)NC(=O)C(CC(=O)C(CCC(=O)O)NC(=O)C(CC(=O)O)CC(=O)OCc3ccccc3)C(C)C)cc2s1. The molecule has 1 heterocycles. The normalized spacial score (nSPS) is 13.4. The van der Waals surface area contributed by atoms with E-state index in [1.807, 2.05) is 6.92 Å². The summed E-state index contributed by atoms with van der Waals surface area (Å²) in [6, 6.07) is 10.9. The van der Waals surface area contributed by atoms with Crippen LogP contribution >= 0.6 is 11.3 Å². The van der Waals surface area contributed by atoms with E-state index in [9.17, 15) is 53.7 Å². The number of ether oxygens (including phenoxy) is 1. The lowest BCUT2D eigenvalue weighted by Crippen LogP contribution is -2.49. The molecule has 284 valence electrons. The van der Waals surface area contributed by atoms with E-state index in [1.165, 1.54) is 11.3 Å². The van der Waals surface area contributed by atoms with Crippen LogP contribution in [-0.2, 0) is 56.1 Å². The van der Waals surface area contributed by atoms with Crippen LogP contribution < -0.4 is 10.6 Å². The van der Waals surface area contributed by atoms with Crippen LogP contribution in [0.15, 0.2) is 48.5 Å². The second kappa shape index (κ2) is 19.9. The van der Waals surface area contributed by atoms with Gasteiger partial charge >= 0.3 is 23.9 Å². The van der Waals surface area contributed by atoms with Crippen LogP contribution in [0.4, 0.5) is 0 Å². The number of esters is 1. The fraction of sp³-hybridized carbons (Fsp3) is 0.432. The predicted molar refractivity (Wildman–Crippen MR) is 191 cm³/mol. The van der Waals surface area contributed by atoms with Crippen molar-refractivity contribution in [3.63, 3.8) is 0 Å². The van der Waals surface area contributed by atoms with Crippen LogP contribution in [0.5, 0.6) is 0 Å². The van der Waals surface area contributed by atoms with Crippen molar-refractivity contribution in [2.24, 2.45) is 17.8 Å². The Balaban J connectivity index is 1.73. The molecule has 4 unspecified atom stereocenters. The Morgan fingerprint density at radius 2 is 1.42 bits per heavy atom. The van der Waals surface area contributed by atoms with Gasteiger partial charge in [-0.25, -0.2) is 4.98 Å². The lowest BCUT2D eigenvalue weighted by atomic mass is 9.86. The number of aryl methyl sites for hydroxylation is 1. The van der Waals surface area contributed by atoms with Crippen molar-refractivity contribution < 1.29 is 58.4 Å². The Morgan fingerprint density at radius 3 is 2.04 bits per heavy atom. The number of rotatable bonds is 22. The van der Waals surface area contributed by atoms with E-state index in [1.54, 1.807) is 62.4 Å². The van der Waals surface area contributed by atoms with Crippen molar-refractivity contribution >= 4 is 68.8 Å². The Morgan fingerprint density at radius 1 is 0.755 bits per heavy atom. The third-order valence-electron chi connectivity index (χ3n) is 8.38. The molecule has 0 saturated heterocycles. The van der Waals surface area contributed by atoms with Gasteiger partial charge in [0.25, 0.3) is 0 Å². The maximum Gasteiger partial charge on any atom is 0.306 e. The molecule has 0 saturated carbocycles. The van der Waals surface area contributed by atoms with Gasteiger partial charge in [-0.2, -0.15) is 0 Å². The second-order valence-corrected chi connectivity index (χ2v) is 14.2. The number of aliphatic carboxylic acids is 3. The summed E-state index contributed by atoms with van der Waals surface area (Å²) in [7, 11) is 0. The summed E-state index contributed by atoms with van der Waals surface area (Å²) in [5, 5.41) is 33.9. The Bertz CT molecular complexity index is 1820. The number of nitrogens with one attached hydrogen (secondary N) is 2. The first-order chi connectivity index (χ1) is 25.0. The Hall–Kier alpha value is -5.51. The summed E-state index contributed by atoms with van der Waals surface area (Å²) in [5.74, 6) is -11.2. The Kier molecular flexibility index (Phi) is 15.8. The number of carboxylic acids is 3. The number of fused-ring (bicyclic) bond motifs is 1. The monoisotopic (exact) mass is 753 g/mol. The van der Waals surface area contributed by atoms with Crippen LogP contribution in [0.1, 0.15) is 68.5 Å². The molecule has 53 heavy (non-hydrogen) atoms. The first kappa shape index (κ1) is 41.9. The van der Waals surface area contributed by atoms with Crippen molar-refractivity contribution in [2.75, 3.05) is 0 Å². The molecule has 0 aliphatic heterocycles. The largest absolute Gasteiger partial charge is 0.481 e. The highest BCUT2D eigenvalue weighted by Crippen LogP contribution is 2.24. The van der Waals surface area contributed by atoms with Gasteiger partial charge in [0.1, 0.15) is 6.61 Å². The van der Waals surface area contributed by atoms with Gasteiger partial charge in [0.2, 0.25) is 11.8 Å². The minimum absolute atomic E-state index is 0.124. The van der Waals surface area contributed by atoms with Crippen molar-refractivity contribution in [2.45, 2.75) is 84.4 Å². The molecule has 2 aromatic carbocycles. The van der Waals surface area contributed by atoms with Crippen LogP contribution in [-0.4, -0.2) is 79.6 Å². The molecule has 1 aromatic heterocycles. The van der Waals surface area contributed by atoms with Crippen LogP contribution in [0.3, 0.4) is 0 Å². The van der Waals surface area contributed by atoms with Crippen molar-refractivity contribution in [1.82, 2.24) is 15.6 Å². The number of carbonyl (C=O) groups excluding carboxylic acids is 5. The van der Waals surface area contributed by atoms with Gasteiger partial charge < -0.3 is 30.7 Å². The molecule has 0 aliphatic rings. The smallest absolute Gasteiger partial charge is 0.306 e. The number of aromatic nitrogens is 1. The van der Waals surface area contributed by atoms with Crippen molar-refractivity contribution in [3.8, 4) is 0 Å². The molecular weight excluding hydrogens is 710 g/mol. The average Bonchev–Trinajstić information content (AvgIpc) is 3.46. The number of amides is 2. The lowest BCUT2D eigenvalue weighted by Gasteiger charge is -2.26. The molecule has 4 atom stereocenters. The van der Waals surface area contributed by atoms with Gasteiger partial charge in [-0.1, -0.05) is 50.2 Å². The Labute approximate surface area is 309 Å². The highest BCUT2D eigenvalue weighted by atomic mass is 32.1. The minimum Gasteiger partial charge on any atom is -0.481 e. The summed E-state index contributed by atoms with van der Waals surface area (Å²) in [5.41, 5.74) is 2.00. The zero-order chi connectivity index (χ0) is 39.2. The molecule has 2 amide bonds. The number of Topliss-reactive ketones (excluding diaryl/α,β-unsaturated/α-hetero) is 2. The maximum absolute atomic E-state index is 13.6. The lowest BCUT2D eigenvalue weighted by molar-refractivity contribution is -0.150. The molecule has 3 aromatic rings. The summed E-state index contributed by atoms with van der Waals surface area (Å²) < 4.78 is 6.03. The molecule has 0 bridgehead atoms. The fourth-order valence-electron chi connectivity index (χ4n) is 5.55. The third-order valence-corrected chi connectivity index (χ3v) is 9.32. The molecule has 15 nitrogen and oxygen atoms in total. The minimum atomic E-state index is -1.48. The molecule has 0 aliphatic carbocycles. The quantitative estimate of drug-likeness (QED) is 0.0924. The van der Waals surface area contributed by atoms with Gasteiger partial charge in [0, 0.05) is 25.2 Å². The molecule has 3 rings (SSSR count). The first-order valence-electron chi connectivity index (χ1n) is 16.9. The van der Waals surface area contributed by atoms with Gasteiger partial charge in [0.05, 0.1) is 52.5 Å².